The van der Waals surface area contributed by atoms with Gasteiger partial charge in [0, 0.05) is 17.2 Å². The van der Waals surface area contributed by atoms with Gasteiger partial charge in [-0.3, -0.25) is 0 Å². The Balaban J connectivity index is 2.12. The number of nitrogens with one attached hydrogen (secondary N) is 1. The Morgan fingerprint density at radius 3 is 2.33 bits per heavy atom. The topological polar surface area (TPSA) is 50.8 Å². The summed E-state index contributed by atoms with van der Waals surface area (Å²) < 4.78 is 5.89. The molecule has 0 bridgehead atoms. The molecule has 2 heterocycles. The molecule has 114 valence electrons. The summed E-state index contributed by atoms with van der Waals surface area (Å²) in [5, 5.41) is 0. The van der Waals surface area contributed by atoms with Crippen molar-refractivity contribution < 1.29 is 4.74 Å². The van der Waals surface area contributed by atoms with Crippen LogP contribution in [0.1, 0.15) is 58.6 Å². The minimum absolute atomic E-state index is 0.00808. The standard InChI is InChI=1S/C17H25N3O/c1-16(2,3)13-8-7-9-18-14(13)21-11-12-10-19-15(20-12)17(4,5)6/h7-10H,11H2,1-6H3,(H,19,20). The fourth-order valence-electron chi connectivity index (χ4n) is 2.04. The monoisotopic (exact) mass is 287 g/mol. The molecule has 2 rings (SSSR count). The lowest BCUT2D eigenvalue weighted by molar-refractivity contribution is 0.280. The van der Waals surface area contributed by atoms with Crippen molar-refractivity contribution in [1.29, 1.82) is 0 Å². The van der Waals surface area contributed by atoms with Crippen LogP contribution in [0.4, 0.5) is 0 Å². The maximum absolute atomic E-state index is 5.89. The number of aromatic amines is 1. The van der Waals surface area contributed by atoms with Crippen LogP contribution in [0.5, 0.6) is 5.88 Å². The molecule has 0 saturated heterocycles. The van der Waals surface area contributed by atoms with Crippen LogP contribution in [0.15, 0.2) is 24.5 Å². The van der Waals surface area contributed by atoms with Crippen molar-refractivity contribution in [2.24, 2.45) is 0 Å². The van der Waals surface area contributed by atoms with Gasteiger partial charge in [0.2, 0.25) is 5.88 Å². The molecule has 1 N–H and O–H groups in total. The smallest absolute Gasteiger partial charge is 0.217 e. The van der Waals surface area contributed by atoms with E-state index in [0.717, 1.165) is 17.1 Å². The molecule has 4 nitrogen and oxygen atoms in total. The van der Waals surface area contributed by atoms with Crippen molar-refractivity contribution in [1.82, 2.24) is 15.0 Å². The molecule has 0 unspecified atom stereocenters. The van der Waals surface area contributed by atoms with E-state index in [-0.39, 0.29) is 10.8 Å². The molecule has 4 heteroatoms. The number of hydrogen-bond acceptors (Lipinski definition) is 3. The van der Waals surface area contributed by atoms with Gasteiger partial charge < -0.3 is 9.72 Å². The molecule has 0 amide bonds. The molecule has 0 fully saturated rings. The van der Waals surface area contributed by atoms with E-state index in [2.05, 4.69) is 62.6 Å². The quantitative estimate of drug-likeness (QED) is 0.929. The van der Waals surface area contributed by atoms with Crippen molar-refractivity contribution in [2.75, 3.05) is 0 Å². The predicted molar refractivity (Wildman–Crippen MR) is 84.6 cm³/mol. The maximum Gasteiger partial charge on any atom is 0.217 e. The highest BCUT2D eigenvalue weighted by molar-refractivity contribution is 5.32. The number of aromatic nitrogens is 3. The Kier molecular flexibility index (Phi) is 4.08. The first-order chi connectivity index (χ1) is 9.68. The van der Waals surface area contributed by atoms with Gasteiger partial charge in [-0.1, -0.05) is 47.6 Å². The Morgan fingerprint density at radius 2 is 1.76 bits per heavy atom. The van der Waals surface area contributed by atoms with Crippen molar-refractivity contribution in [3.05, 3.63) is 41.6 Å². The zero-order valence-corrected chi connectivity index (χ0v) is 13.8. The second-order valence-corrected chi connectivity index (χ2v) is 7.40. The van der Waals surface area contributed by atoms with E-state index in [1.807, 2.05) is 12.3 Å². The van der Waals surface area contributed by atoms with Gasteiger partial charge in [0.05, 0.1) is 11.9 Å². The zero-order chi connectivity index (χ0) is 15.7. The molecule has 0 aliphatic heterocycles. The van der Waals surface area contributed by atoms with Crippen LogP contribution in [-0.4, -0.2) is 15.0 Å². The van der Waals surface area contributed by atoms with E-state index in [1.165, 1.54) is 0 Å². The van der Waals surface area contributed by atoms with Gasteiger partial charge in [0.15, 0.2) is 0 Å². The van der Waals surface area contributed by atoms with Crippen LogP contribution < -0.4 is 4.74 Å². The summed E-state index contributed by atoms with van der Waals surface area (Å²) in [5.41, 5.74) is 2.10. The minimum atomic E-state index is 0.00808. The van der Waals surface area contributed by atoms with E-state index in [4.69, 9.17) is 4.74 Å². The molecule has 0 aliphatic carbocycles. The number of imidazole rings is 1. The van der Waals surface area contributed by atoms with Gasteiger partial charge in [-0.25, -0.2) is 9.97 Å². The lowest BCUT2D eigenvalue weighted by atomic mass is 9.88. The molecule has 2 aromatic heterocycles. The Morgan fingerprint density at radius 1 is 1.05 bits per heavy atom. The SMILES string of the molecule is CC(C)(C)c1ncc(COc2ncccc2C(C)(C)C)[nH]1. The molecule has 0 radical (unpaired) electrons. The van der Waals surface area contributed by atoms with E-state index >= 15 is 0 Å². The van der Waals surface area contributed by atoms with Crippen LogP contribution in [0.3, 0.4) is 0 Å². The highest BCUT2D eigenvalue weighted by Crippen LogP contribution is 2.29. The summed E-state index contributed by atoms with van der Waals surface area (Å²) >= 11 is 0. The average Bonchev–Trinajstić information content (AvgIpc) is 2.84. The van der Waals surface area contributed by atoms with E-state index < -0.39 is 0 Å². The highest BCUT2D eigenvalue weighted by atomic mass is 16.5. The van der Waals surface area contributed by atoms with Crippen LogP contribution in [0.25, 0.3) is 0 Å². The number of hydrogen-bond donors (Lipinski definition) is 1. The van der Waals surface area contributed by atoms with Gasteiger partial charge in [-0.2, -0.15) is 0 Å². The van der Waals surface area contributed by atoms with E-state index in [0.29, 0.717) is 12.5 Å². The van der Waals surface area contributed by atoms with Crippen molar-refractivity contribution in [3.8, 4) is 5.88 Å². The van der Waals surface area contributed by atoms with Crippen LogP contribution in [0, 0.1) is 0 Å². The molecular formula is C17H25N3O. The largest absolute Gasteiger partial charge is 0.471 e. The highest BCUT2D eigenvalue weighted by Gasteiger charge is 2.20. The summed E-state index contributed by atoms with van der Waals surface area (Å²) in [6.07, 6.45) is 3.60. The van der Waals surface area contributed by atoms with Gasteiger partial charge in [-0.05, 0) is 11.5 Å². The van der Waals surface area contributed by atoms with Crippen LogP contribution in [0.2, 0.25) is 0 Å². The summed E-state index contributed by atoms with van der Waals surface area (Å²) in [7, 11) is 0. The Bertz CT molecular complexity index is 603. The molecular weight excluding hydrogens is 262 g/mol. The third-order valence-corrected chi connectivity index (χ3v) is 3.28. The normalized spacial score (nSPS) is 12.5. The van der Waals surface area contributed by atoms with Crippen LogP contribution >= 0.6 is 0 Å². The Labute approximate surface area is 127 Å². The molecule has 2 aromatic rings. The molecule has 0 aliphatic rings. The molecule has 0 atom stereocenters. The maximum atomic E-state index is 5.89. The number of pyridine rings is 1. The van der Waals surface area contributed by atoms with Crippen LogP contribution in [-0.2, 0) is 17.4 Å². The average molecular weight is 287 g/mol. The molecule has 21 heavy (non-hydrogen) atoms. The fourth-order valence-corrected chi connectivity index (χ4v) is 2.04. The lowest BCUT2D eigenvalue weighted by Gasteiger charge is -2.21. The lowest BCUT2D eigenvalue weighted by Crippen LogP contribution is -2.15. The van der Waals surface area contributed by atoms with Crippen molar-refractivity contribution >= 4 is 0 Å². The molecule has 0 aromatic carbocycles. The van der Waals surface area contributed by atoms with Gasteiger partial charge >= 0.3 is 0 Å². The second-order valence-electron chi connectivity index (χ2n) is 7.40. The minimum Gasteiger partial charge on any atom is -0.471 e. The number of nitrogens with zero attached hydrogens (tertiary/aromatic N) is 2. The van der Waals surface area contributed by atoms with E-state index in [9.17, 15) is 0 Å². The zero-order valence-electron chi connectivity index (χ0n) is 13.8. The van der Waals surface area contributed by atoms with E-state index in [1.54, 1.807) is 6.20 Å². The molecule has 0 saturated carbocycles. The summed E-state index contributed by atoms with van der Waals surface area (Å²) in [5.74, 6) is 1.66. The number of ether oxygens (including phenoxy) is 1. The second kappa shape index (κ2) is 5.51. The fraction of sp³-hybridized carbons (Fsp3) is 0.529. The first-order valence-corrected chi connectivity index (χ1v) is 7.30. The summed E-state index contributed by atoms with van der Waals surface area (Å²) in [6, 6.07) is 4.01. The van der Waals surface area contributed by atoms with Crippen molar-refractivity contribution in [3.63, 3.8) is 0 Å². The third kappa shape index (κ3) is 3.84. The predicted octanol–water partition coefficient (Wildman–Crippen LogP) is 3.98. The Hall–Kier alpha value is -1.84. The first kappa shape index (κ1) is 15.5. The van der Waals surface area contributed by atoms with Gasteiger partial charge in [0.1, 0.15) is 12.4 Å². The molecule has 0 spiro atoms. The van der Waals surface area contributed by atoms with Gasteiger partial charge in [0.25, 0.3) is 0 Å². The summed E-state index contributed by atoms with van der Waals surface area (Å²) in [6.45, 7) is 13.3. The number of H-pyrrole nitrogens is 1. The third-order valence-electron chi connectivity index (χ3n) is 3.28. The van der Waals surface area contributed by atoms with Crippen molar-refractivity contribution in [2.45, 2.75) is 59.0 Å². The van der Waals surface area contributed by atoms with Gasteiger partial charge in [-0.15, -0.1) is 0 Å². The first-order valence-electron chi connectivity index (χ1n) is 7.30. The number of rotatable bonds is 3. The summed E-state index contributed by atoms with van der Waals surface area (Å²) in [4.78, 5) is 12.1.